The molecule has 1 aromatic carbocycles. The first-order valence-corrected chi connectivity index (χ1v) is 8.50. The molecule has 0 aliphatic rings. The van der Waals surface area contributed by atoms with E-state index in [2.05, 4.69) is 18.9 Å². The molecule has 2 aromatic rings. The van der Waals surface area contributed by atoms with Crippen LogP contribution in [0, 0.1) is 12.8 Å². The lowest BCUT2D eigenvalue weighted by atomic mass is 10.0. The standard InChI is InChI=1S/C18H25ClN4O/c1-12(2)17(20)9-10-22(4)18(24)16-11-23(21-13(16)3)15-7-5-14(19)6-8-15/h5-8,11-12,17H,9-10,20H2,1-4H3. The van der Waals surface area contributed by atoms with Crippen LogP contribution < -0.4 is 5.73 Å². The van der Waals surface area contributed by atoms with Gasteiger partial charge in [-0.25, -0.2) is 4.68 Å². The van der Waals surface area contributed by atoms with E-state index in [1.807, 2.05) is 19.1 Å². The van der Waals surface area contributed by atoms with Crippen LogP contribution in [-0.4, -0.2) is 40.2 Å². The Balaban J connectivity index is 2.11. The van der Waals surface area contributed by atoms with Crippen LogP contribution in [-0.2, 0) is 0 Å². The SMILES string of the molecule is Cc1nn(-c2ccc(Cl)cc2)cc1C(=O)N(C)CCC(N)C(C)C. The van der Waals surface area contributed by atoms with Gasteiger partial charge in [-0.1, -0.05) is 25.4 Å². The van der Waals surface area contributed by atoms with Crippen LogP contribution in [0.2, 0.25) is 5.02 Å². The third-order valence-electron chi connectivity index (χ3n) is 4.22. The van der Waals surface area contributed by atoms with Gasteiger partial charge in [0.05, 0.1) is 16.9 Å². The number of aromatic nitrogens is 2. The normalized spacial score (nSPS) is 12.5. The molecule has 5 nitrogen and oxygen atoms in total. The van der Waals surface area contributed by atoms with E-state index in [0.29, 0.717) is 28.7 Å². The van der Waals surface area contributed by atoms with Gasteiger partial charge in [0.2, 0.25) is 0 Å². The van der Waals surface area contributed by atoms with Gasteiger partial charge in [0, 0.05) is 30.9 Å². The Hall–Kier alpha value is -1.85. The van der Waals surface area contributed by atoms with Crippen molar-refractivity contribution in [3.05, 3.63) is 46.7 Å². The molecule has 0 saturated carbocycles. The van der Waals surface area contributed by atoms with Crippen LogP contribution in [0.15, 0.2) is 30.5 Å². The van der Waals surface area contributed by atoms with Crippen LogP contribution in [0.3, 0.4) is 0 Å². The highest BCUT2D eigenvalue weighted by molar-refractivity contribution is 6.30. The van der Waals surface area contributed by atoms with Crippen molar-refractivity contribution in [3.63, 3.8) is 0 Å². The van der Waals surface area contributed by atoms with E-state index in [0.717, 1.165) is 12.1 Å². The molecule has 0 fully saturated rings. The fraction of sp³-hybridized carbons (Fsp3) is 0.444. The molecule has 1 amide bonds. The minimum atomic E-state index is -0.0383. The number of nitrogens with two attached hydrogens (primary N) is 1. The average molecular weight is 349 g/mol. The number of hydrogen-bond acceptors (Lipinski definition) is 3. The number of nitrogens with zero attached hydrogens (tertiary/aromatic N) is 3. The summed E-state index contributed by atoms with van der Waals surface area (Å²) in [5, 5.41) is 5.11. The Morgan fingerprint density at radius 2 is 1.96 bits per heavy atom. The van der Waals surface area contributed by atoms with Gasteiger partial charge in [0.25, 0.3) is 5.91 Å². The molecule has 0 spiro atoms. The average Bonchev–Trinajstić information content (AvgIpc) is 2.93. The van der Waals surface area contributed by atoms with E-state index >= 15 is 0 Å². The van der Waals surface area contributed by atoms with Crippen LogP contribution in [0.25, 0.3) is 5.69 Å². The molecular formula is C18H25ClN4O. The number of amides is 1. The van der Waals surface area contributed by atoms with Crippen molar-refractivity contribution in [2.75, 3.05) is 13.6 Å². The van der Waals surface area contributed by atoms with Gasteiger partial charge in [0.15, 0.2) is 0 Å². The summed E-state index contributed by atoms with van der Waals surface area (Å²) in [6.45, 7) is 6.65. The Kier molecular flexibility index (Phi) is 6.02. The monoisotopic (exact) mass is 348 g/mol. The van der Waals surface area contributed by atoms with Crippen molar-refractivity contribution < 1.29 is 4.79 Å². The van der Waals surface area contributed by atoms with Crippen LogP contribution >= 0.6 is 11.6 Å². The largest absolute Gasteiger partial charge is 0.342 e. The summed E-state index contributed by atoms with van der Waals surface area (Å²) in [5.41, 5.74) is 8.23. The quantitative estimate of drug-likeness (QED) is 0.871. The van der Waals surface area contributed by atoms with Crippen molar-refractivity contribution >= 4 is 17.5 Å². The van der Waals surface area contributed by atoms with Gasteiger partial charge in [-0.15, -0.1) is 0 Å². The predicted molar refractivity (Wildman–Crippen MR) is 97.7 cm³/mol. The zero-order valence-corrected chi connectivity index (χ0v) is 15.4. The molecule has 1 aromatic heterocycles. The first kappa shape index (κ1) is 18.5. The Morgan fingerprint density at radius 3 is 2.54 bits per heavy atom. The van der Waals surface area contributed by atoms with Crippen LogP contribution in [0.4, 0.5) is 0 Å². The molecular weight excluding hydrogens is 324 g/mol. The summed E-state index contributed by atoms with van der Waals surface area (Å²) in [4.78, 5) is 14.4. The molecule has 1 unspecified atom stereocenters. The second-order valence-corrected chi connectivity index (χ2v) is 6.91. The zero-order valence-electron chi connectivity index (χ0n) is 14.7. The summed E-state index contributed by atoms with van der Waals surface area (Å²) in [6, 6.07) is 7.44. The third-order valence-corrected chi connectivity index (χ3v) is 4.47. The lowest BCUT2D eigenvalue weighted by molar-refractivity contribution is 0.0788. The van der Waals surface area contributed by atoms with Gasteiger partial charge >= 0.3 is 0 Å². The first-order chi connectivity index (χ1) is 11.3. The Labute approximate surface area is 148 Å². The molecule has 24 heavy (non-hydrogen) atoms. The molecule has 1 heterocycles. The van der Waals surface area contributed by atoms with Gasteiger partial charge in [0.1, 0.15) is 0 Å². The molecule has 0 aliphatic carbocycles. The van der Waals surface area contributed by atoms with Gasteiger partial charge in [-0.3, -0.25) is 4.79 Å². The van der Waals surface area contributed by atoms with Crippen molar-refractivity contribution in [1.82, 2.24) is 14.7 Å². The lowest BCUT2D eigenvalue weighted by Gasteiger charge is -2.21. The lowest BCUT2D eigenvalue weighted by Crippen LogP contribution is -2.34. The summed E-state index contributed by atoms with van der Waals surface area (Å²) in [5.74, 6) is 0.367. The van der Waals surface area contributed by atoms with Crippen LogP contribution in [0.1, 0.15) is 36.3 Å². The summed E-state index contributed by atoms with van der Waals surface area (Å²) < 4.78 is 1.70. The van der Waals surface area contributed by atoms with Gasteiger partial charge in [-0.2, -0.15) is 5.10 Å². The molecule has 0 radical (unpaired) electrons. The van der Waals surface area contributed by atoms with E-state index in [1.165, 1.54) is 0 Å². The van der Waals surface area contributed by atoms with Crippen molar-refractivity contribution in [3.8, 4) is 5.69 Å². The molecule has 2 rings (SSSR count). The summed E-state index contributed by atoms with van der Waals surface area (Å²) >= 11 is 5.91. The molecule has 0 saturated heterocycles. The molecule has 6 heteroatoms. The number of hydrogen-bond donors (Lipinski definition) is 1. The Bertz CT molecular complexity index is 694. The minimum Gasteiger partial charge on any atom is -0.342 e. The fourth-order valence-electron chi connectivity index (χ4n) is 2.38. The second kappa shape index (κ2) is 7.81. The van der Waals surface area contributed by atoms with E-state index in [-0.39, 0.29) is 11.9 Å². The van der Waals surface area contributed by atoms with E-state index < -0.39 is 0 Å². The van der Waals surface area contributed by atoms with E-state index in [4.69, 9.17) is 17.3 Å². The predicted octanol–water partition coefficient (Wildman–Crippen LogP) is 3.28. The zero-order chi connectivity index (χ0) is 17.9. The minimum absolute atomic E-state index is 0.0383. The molecule has 0 aliphatic heterocycles. The molecule has 130 valence electrons. The van der Waals surface area contributed by atoms with Crippen LogP contribution in [0.5, 0.6) is 0 Å². The molecule has 0 bridgehead atoms. The summed E-state index contributed by atoms with van der Waals surface area (Å²) in [6.07, 6.45) is 2.55. The number of aryl methyl sites for hydroxylation is 1. The maximum Gasteiger partial charge on any atom is 0.257 e. The third kappa shape index (κ3) is 4.36. The molecule has 2 N–H and O–H groups in total. The fourth-order valence-corrected chi connectivity index (χ4v) is 2.51. The maximum absolute atomic E-state index is 12.7. The number of halogens is 1. The van der Waals surface area contributed by atoms with Crippen molar-refractivity contribution in [2.24, 2.45) is 11.7 Å². The number of carbonyl (C=O) groups is 1. The Morgan fingerprint density at radius 1 is 1.33 bits per heavy atom. The van der Waals surface area contributed by atoms with Crippen molar-refractivity contribution in [1.29, 1.82) is 0 Å². The maximum atomic E-state index is 12.7. The molecule has 1 atom stereocenters. The van der Waals surface area contributed by atoms with Gasteiger partial charge < -0.3 is 10.6 Å². The first-order valence-electron chi connectivity index (χ1n) is 8.13. The highest BCUT2D eigenvalue weighted by atomic mass is 35.5. The van der Waals surface area contributed by atoms with E-state index in [9.17, 15) is 4.79 Å². The smallest absolute Gasteiger partial charge is 0.257 e. The number of rotatable bonds is 6. The highest BCUT2D eigenvalue weighted by Gasteiger charge is 2.19. The highest BCUT2D eigenvalue weighted by Crippen LogP contribution is 2.16. The van der Waals surface area contributed by atoms with Crippen molar-refractivity contribution in [2.45, 2.75) is 33.2 Å². The number of carbonyl (C=O) groups excluding carboxylic acids is 1. The second-order valence-electron chi connectivity index (χ2n) is 6.47. The van der Waals surface area contributed by atoms with E-state index in [1.54, 1.807) is 35.0 Å². The number of benzene rings is 1. The van der Waals surface area contributed by atoms with Gasteiger partial charge in [-0.05, 0) is 43.5 Å². The topological polar surface area (TPSA) is 64.2 Å². The summed E-state index contributed by atoms with van der Waals surface area (Å²) in [7, 11) is 1.80.